The van der Waals surface area contributed by atoms with Crippen molar-refractivity contribution in [2.24, 2.45) is 5.92 Å². The Morgan fingerprint density at radius 2 is 2.05 bits per heavy atom. The molecule has 0 radical (unpaired) electrons. The number of hydrogen-bond acceptors (Lipinski definition) is 3. The van der Waals surface area contributed by atoms with Crippen LogP contribution in [-0.2, 0) is 13.6 Å². The number of anilines is 1. The van der Waals surface area contributed by atoms with Gasteiger partial charge in [-0.3, -0.25) is 14.1 Å². The molecule has 5 heteroatoms. The predicted octanol–water partition coefficient (Wildman–Crippen LogP) is 4.45. The molecule has 4 nitrogen and oxygen atoms in total. The lowest BCUT2D eigenvalue weighted by atomic mass is 9.97. The van der Waals surface area contributed by atoms with Gasteiger partial charge in [0.05, 0.1) is 12.7 Å². The highest BCUT2D eigenvalue weighted by Crippen LogP contribution is 2.54. The molecule has 3 atom stereocenters. The number of benzene rings is 1. The average molecular weight is 283 g/mol. The molecule has 19 heavy (non-hydrogen) atoms. The third-order valence-corrected chi connectivity index (χ3v) is 4.97. The van der Waals surface area contributed by atoms with Gasteiger partial charge in [-0.25, -0.2) is 4.57 Å². The van der Waals surface area contributed by atoms with Crippen molar-refractivity contribution in [2.45, 2.75) is 39.2 Å². The largest absolute Gasteiger partial charge is 0.433 e. The second-order valence-corrected chi connectivity index (χ2v) is 6.56. The molecule has 0 amide bonds. The fraction of sp³-hybridized carbons (Fsp3) is 0.571. The van der Waals surface area contributed by atoms with E-state index in [-0.39, 0.29) is 6.10 Å². The van der Waals surface area contributed by atoms with E-state index < -0.39 is 7.75 Å². The summed E-state index contributed by atoms with van der Waals surface area (Å²) in [5.41, 5.74) is 0.760. The van der Waals surface area contributed by atoms with Crippen LogP contribution in [0.3, 0.4) is 0 Å². The Morgan fingerprint density at radius 1 is 1.32 bits per heavy atom. The summed E-state index contributed by atoms with van der Waals surface area (Å²) in [6, 6.07) is 9.39. The van der Waals surface area contributed by atoms with Crippen molar-refractivity contribution in [3.8, 4) is 0 Å². The lowest BCUT2D eigenvalue weighted by Crippen LogP contribution is -2.32. The Bertz CT molecular complexity index is 438. The summed E-state index contributed by atoms with van der Waals surface area (Å²) in [7, 11) is -3.22. The maximum absolute atomic E-state index is 12.6. The molecule has 0 saturated carbocycles. The van der Waals surface area contributed by atoms with Gasteiger partial charge >= 0.3 is 7.75 Å². The molecule has 1 aromatic carbocycles. The molecule has 1 fully saturated rings. The Hall–Kier alpha value is -0.830. The molecular weight excluding hydrogens is 261 g/mol. The lowest BCUT2D eigenvalue weighted by molar-refractivity contribution is 0.0220. The van der Waals surface area contributed by atoms with Gasteiger partial charge in [0.25, 0.3) is 0 Å². The van der Waals surface area contributed by atoms with E-state index in [1.807, 2.05) is 30.3 Å². The lowest BCUT2D eigenvalue weighted by Gasteiger charge is -2.35. The molecule has 1 aromatic rings. The van der Waals surface area contributed by atoms with Crippen molar-refractivity contribution in [1.82, 2.24) is 0 Å². The Kier molecular flexibility index (Phi) is 5.03. The minimum absolute atomic E-state index is 0.0193. The van der Waals surface area contributed by atoms with Crippen LogP contribution in [0.15, 0.2) is 30.3 Å². The van der Waals surface area contributed by atoms with E-state index in [1.165, 1.54) is 0 Å². The average Bonchev–Trinajstić information content (AvgIpc) is 2.40. The summed E-state index contributed by atoms with van der Waals surface area (Å²) in [5, 5.41) is 2.90. The monoisotopic (exact) mass is 283 g/mol. The van der Waals surface area contributed by atoms with E-state index >= 15 is 0 Å². The van der Waals surface area contributed by atoms with Crippen molar-refractivity contribution >= 4 is 13.4 Å². The van der Waals surface area contributed by atoms with Gasteiger partial charge in [-0.15, -0.1) is 0 Å². The smallest absolute Gasteiger partial charge is 0.293 e. The first kappa shape index (κ1) is 14.6. The van der Waals surface area contributed by atoms with Crippen LogP contribution in [0.4, 0.5) is 5.69 Å². The summed E-state index contributed by atoms with van der Waals surface area (Å²) in [5.74, 6) is 0.333. The summed E-state index contributed by atoms with van der Waals surface area (Å²) < 4.78 is 23.8. The number of hydrogen-bond donors (Lipinski definition) is 1. The van der Waals surface area contributed by atoms with Crippen LogP contribution in [0.2, 0.25) is 0 Å². The standard InChI is InChI=1S/C14H22NO3P/c1-3-8-14-12(4-2)11-17-19(16,18-14)15-13-9-6-5-7-10-13/h5-7,9-10,12,14H,3-4,8,11H2,1-2H3,(H,15,16). The van der Waals surface area contributed by atoms with Crippen LogP contribution >= 0.6 is 7.75 Å². The van der Waals surface area contributed by atoms with Crippen LogP contribution in [0, 0.1) is 5.92 Å². The van der Waals surface area contributed by atoms with E-state index in [0.29, 0.717) is 12.5 Å². The van der Waals surface area contributed by atoms with Gasteiger partial charge in [-0.2, -0.15) is 0 Å². The minimum Gasteiger partial charge on any atom is -0.293 e. The SMILES string of the molecule is CCCC1OP(=O)(Nc2ccccc2)OCC1CC. The normalized spacial score (nSPS) is 31.1. The Labute approximate surface area is 115 Å². The van der Waals surface area contributed by atoms with Crippen molar-refractivity contribution in [2.75, 3.05) is 11.7 Å². The van der Waals surface area contributed by atoms with Crippen LogP contribution in [-0.4, -0.2) is 12.7 Å². The van der Waals surface area contributed by atoms with Crippen LogP contribution in [0.25, 0.3) is 0 Å². The van der Waals surface area contributed by atoms with Gasteiger partial charge in [0.1, 0.15) is 0 Å². The maximum atomic E-state index is 12.6. The highest BCUT2D eigenvalue weighted by Gasteiger charge is 2.38. The maximum Gasteiger partial charge on any atom is 0.433 e. The van der Waals surface area contributed by atoms with Crippen LogP contribution in [0.5, 0.6) is 0 Å². The Morgan fingerprint density at radius 3 is 2.68 bits per heavy atom. The predicted molar refractivity (Wildman–Crippen MR) is 77.2 cm³/mol. The molecule has 1 heterocycles. The fourth-order valence-corrected chi connectivity index (χ4v) is 3.94. The molecule has 0 spiro atoms. The summed E-state index contributed by atoms with van der Waals surface area (Å²) in [4.78, 5) is 0. The minimum atomic E-state index is -3.22. The third-order valence-electron chi connectivity index (χ3n) is 3.40. The first-order chi connectivity index (χ1) is 9.17. The molecule has 0 bridgehead atoms. The highest BCUT2D eigenvalue weighted by molar-refractivity contribution is 7.55. The number of rotatable bonds is 5. The van der Waals surface area contributed by atoms with Gasteiger partial charge in [0, 0.05) is 11.6 Å². The number of nitrogens with one attached hydrogen (secondary N) is 1. The van der Waals surface area contributed by atoms with Gasteiger partial charge in [-0.05, 0) is 25.0 Å². The topological polar surface area (TPSA) is 47.6 Å². The molecule has 1 N–H and O–H groups in total. The number of para-hydroxylation sites is 1. The second kappa shape index (κ2) is 6.56. The molecule has 106 valence electrons. The molecule has 1 aliphatic heterocycles. The van der Waals surface area contributed by atoms with E-state index in [2.05, 4.69) is 18.9 Å². The molecule has 1 aliphatic rings. The highest BCUT2D eigenvalue weighted by atomic mass is 31.2. The quantitative estimate of drug-likeness (QED) is 0.811. The zero-order chi connectivity index (χ0) is 13.7. The van der Waals surface area contributed by atoms with Crippen molar-refractivity contribution in [3.63, 3.8) is 0 Å². The molecular formula is C14H22NO3P. The van der Waals surface area contributed by atoms with E-state index in [0.717, 1.165) is 24.9 Å². The molecule has 0 aromatic heterocycles. The van der Waals surface area contributed by atoms with E-state index in [4.69, 9.17) is 9.05 Å². The summed E-state index contributed by atoms with van der Waals surface area (Å²) >= 11 is 0. The summed E-state index contributed by atoms with van der Waals surface area (Å²) in [6.45, 7) is 4.72. The third kappa shape index (κ3) is 3.82. The van der Waals surface area contributed by atoms with Crippen LogP contribution < -0.4 is 5.09 Å². The van der Waals surface area contributed by atoms with E-state index in [1.54, 1.807) is 0 Å². The zero-order valence-corrected chi connectivity index (χ0v) is 12.4. The molecule has 0 aliphatic carbocycles. The van der Waals surface area contributed by atoms with Gasteiger partial charge in [0.2, 0.25) is 0 Å². The molecule has 3 unspecified atom stereocenters. The Balaban J connectivity index is 2.06. The van der Waals surface area contributed by atoms with Gasteiger partial charge in [0.15, 0.2) is 0 Å². The van der Waals surface area contributed by atoms with Crippen LogP contribution in [0.1, 0.15) is 33.1 Å². The van der Waals surface area contributed by atoms with Gasteiger partial charge < -0.3 is 0 Å². The van der Waals surface area contributed by atoms with Crippen molar-refractivity contribution < 1.29 is 13.6 Å². The molecule has 1 saturated heterocycles. The van der Waals surface area contributed by atoms with Gasteiger partial charge in [-0.1, -0.05) is 38.5 Å². The second-order valence-electron chi connectivity index (χ2n) is 4.87. The first-order valence-corrected chi connectivity index (χ1v) is 8.47. The van der Waals surface area contributed by atoms with E-state index in [9.17, 15) is 4.57 Å². The zero-order valence-electron chi connectivity index (χ0n) is 11.5. The van der Waals surface area contributed by atoms with Crippen molar-refractivity contribution in [3.05, 3.63) is 30.3 Å². The molecule has 2 rings (SSSR count). The van der Waals surface area contributed by atoms with Crippen molar-refractivity contribution in [1.29, 1.82) is 0 Å². The first-order valence-electron chi connectivity index (χ1n) is 6.93. The fourth-order valence-electron chi connectivity index (χ4n) is 2.28. The summed E-state index contributed by atoms with van der Waals surface area (Å²) in [6.07, 6.45) is 2.94.